The van der Waals surface area contributed by atoms with E-state index in [2.05, 4.69) is 10.0 Å². The molecule has 1 saturated heterocycles. The molecule has 11 heteroatoms. The Morgan fingerprint density at radius 2 is 1.50 bits per heavy atom. The number of piperidine rings is 1. The fourth-order valence-electron chi connectivity index (χ4n) is 3.23. The number of nitrogens with zero attached hydrogens (tertiary/aromatic N) is 1. The van der Waals surface area contributed by atoms with Crippen LogP contribution < -0.4 is 15.2 Å². The highest BCUT2D eigenvalue weighted by Gasteiger charge is 2.25. The van der Waals surface area contributed by atoms with Gasteiger partial charge in [-0.3, -0.25) is 9.69 Å². The summed E-state index contributed by atoms with van der Waals surface area (Å²) in [6.45, 7) is 1.41. The van der Waals surface area contributed by atoms with E-state index in [0.29, 0.717) is 25.9 Å². The number of sulfonamides is 2. The maximum atomic E-state index is 12.6. The van der Waals surface area contributed by atoms with Gasteiger partial charge < -0.3 is 5.32 Å². The first-order valence-corrected chi connectivity index (χ1v) is 12.4. The lowest BCUT2D eigenvalue weighted by Crippen LogP contribution is -2.46. The van der Waals surface area contributed by atoms with Crippen molar-refractivity contribution in [3.05, 3.63) is 54.6 Å². The molecule has 4 N–H and O–H groups in total. The largest absolute Gasteiger partial charge is 0.325 e. The number of nitrogens with one attached hydrogen (secondary N) is 2. The van der Waals surface area contributed by atoms with E-state index in [1.54, 1.807) is 0 Å². The summed E-state index contributed by atoms with van der Waals surface area (Å²) in [4.78, 5) is 14.0. The van der Waals surface area contributed by atoms with Gasteiger partial charge in [-0.25, -0.2) is 26.7 Å². The van der Waals surface area contributed by atoms with Crippen LogP contribution in [0, 0.1) is 0 Å². The van der Waals surface area contributed by atoms with E-state index in [1.807, 2.05) is 35.2 Å². The third-order valence-electron chi connectivity index (χ3n) is 4.80. The average molecular weight is 453 g/mol. The monoisotopic (exact) mass is 452 g/mol. The number of rotatable bonds is 7. The summed E-state index contributed by atoms with van der Waals surface area (Å²) in [5, 5.41) is 7.86. The molecule has 0 radical (unpaired) electrons. The number of anilines is 1. The van der Waals surface area contributed by atoms with Crippen LogP contribution in [0.5, 0.6) is 0 Å². The zero-order valence-electron chi connectivity index (χ0n) is 16.2. The number of likely N-dealkylation sites (tertiary alicyclic amines) is 1. The van der Waals surface area contributed by atoms with Crippen LogP contribution in [0.15, 0.2) is 64.4 Å². The lowest BCUT2D eigenvalue weighted by molar-refractivity contribution is -0.117. The van der Waals surface area contributed by atoms with Gasteiger partial charge >= 0.3 is 0 Å². The second-order valence-electron chi connectivity index (χ2n) is 7.10. The summed E-state index contributed by atoms with van der Waals surface area (Å²) in [5.41, 5.74) is 0.735. The minimum atomic E-state index is -3.88. The quantitative estimate of drug-likeness (QED) is 0.566. The van der Waals surface area contributed by atoms with Crippen LogP contribution in [-0.2, 0) is 24.8 Å². The topological polar surface area (TPSA) is 139 Å². The SMILES string of the molecule is NS(=O)(=O)c1ccc(S(=O)(=O)NC2CCN(CC(=O)Nc3ccccc3)CC2)cc1. The van der Waals surface area contributed by atoms with Gasteiger partial charge in [-0.2, -0.15) is 0 Å². The number of hydrogen-bond donors (Lipinski definition) is 3. The highest BCUT2D eigenvalue weighted by molar-refractivity contribution is 7.89. The number of amides is 1. The highest BCUT2D eigenvalue weighted by atomic mass is 32.2. The van der Waals surface area contributed by atoms with Gasteiger partial charge in [0.2, 0.25) is 26.0 Å². The van der Waals surface area contributed by atoms with Crippen LogP contribution in [0.3, 0.4) is 0 Å². The maximum absolute atomic E-state index is 12.6. The molecule has 0 saturated carbocycles. The molecule has 2 aromatic carbocycles. The summed E-state index contributed by atoms with van der Waals surface area (Å²) in [7, 11) is -7.67. The van der Waals surface area contributed by atoms with Crippen LogP contribution >= 0.6 is 0 Å². The van der Waals surface area contributed by atoms with E-state index in [1.165, 1.54) is 12.1 Å². The van der Waals surface area contributed by atoms with Crippen LogP contribution in [-0.4, -0.2) is 53.3 Å². The van der Waals surface area contributed by atoms with Crippen molar-refractivity contribution < 1.29 is 21.6 Å². The van der Waals surface area contributed by atoms with Gasteiger partial charge in [0, 0.05) is 24.8 Å². The van der Waals surface area contributed by atoms with E-state index in [-0.39, 0.29) is 28.3 Å². The van der Waals surface area contributed by atoms with Crippen molar-refractivity contribution in [3.8, 4) is 0 Å². The number of primary sulfonamides is 1. The van der Waals surface area contributed by atoms with Crippen molar-refractivity contribution in [3.63, 3.8) is 0 Å². The van der Waals surface area contributed by atoms with Gasteiger partial charge in [-0.05, 0) is 49.2 Å². The van der Waals surface area contributed by atoms with Gasteiger partial charge in [0.05, 0.1) is 16.3 Å². The number of benzene rings is 2. The number of hydrogen-bond acceptors (Lipinski definition) is 6. The molecule has 162 valence electrons. The Morgan fingerprint density at radius 3 is 2.07 bits per heavy atom. The zero-order chi connectivity index (χ0) is 21.8. The van der Waals surface area contributed by atoms with E-state index in [0.717, 1.165) is 17.8 Å². The smallest absolute Gasteiger partial charge is 0.240 e. The van der Waals surface area contributed by atoms with Gasteiger partial charge in [-0.1, -0.05) is 18.2 Å². The summed E-state index contributed by atoms with van der Waals surface area (Å²) < 4.78 is 50.4. The molecule has 1 aliphatic heterocycles. The minimum absolute atomic E-state index is 0.0282. The average Bonchev–Trinajstić information content (AvgIpc) is 2.69. The normalized spacial score (nSPS) is 16.3. The van der Waals surface area contributed by atoms with Gasteiger partial charge in [0.1, 0.15) is 0 Å². The van der Waals surface area contributed by atoms with Crippen molar-refractivity contribution >= 4 is 31.6 Å². The Morgan fingerprint density at radius 1 is 0.933 bits per heavy atom. The van der Waals surface area contributed by atoms with Gasteiger partial charge in [-0.15, -0.1) is 0 Å². The summed E-state index contributed by atoms with van der Waals surface area (Å²) in [6, 6.07) is 13.7. The molecule has 0 bridgehead atoms. The second-order valence-corrected chi connectivity index (χ2v) is 10.4. The van der Waals surface area contributed by atoms with Crippen LogP contribution in [0.4, 0.5) is 5.69 Å². The van der Waals surface area contributed by atoms with Crippen molar-refractivity contribution in [2.75, 3.05) is 25.0 Å². The van der Waals surface area contributed by atoms with E-state index in [9.17, 15) is 21.6 Å². The number of carbonyl (C=O) groups is 1. The first-order valence-electron chi connectivity index (χ1n) is 9.36. The first-order chi connectivity index (χ1) is 14.1. The molecule has 0 spiro atoms. The molecule has 3 rings (SSSR count). The second kappa shape index (κ2) is 9.23. The van der Waals surface area contributed by atoms with Gasteiger partial charge in [0.15, 0.2) is 0 Å². The molecule has 0 aromatic heterocycles. The third-order valence-corrected chi connectivity index (χ3v) is 7.26. The lowest BCUT2D eigenvalue weighted by atomic mass is 10.1. The number of carbonyl (C=O) groups excluding carboxylic acids is 1. The summed E-state index contributed by atoms with van der Waals surface area (Å²) in [6.07, 6.45) is 1.13. The number of para-hydroxylation sites is 1. The van der Waals surface area contributed by atoms with Crippen LogP contribution in [0.1, 0.15) is 12.8 Å². The van der Waals surface area contributed by atoms with Gasteiger partial charge in [0.25, 0.3) is 0 Å². The van der Waals surface area contributed by atoms with E-state index >= 15 is 0 Å². The predicted octanol–water partition coefficient (Wildman–Crippen LogP) is 0.715. The van der Waals surface area contributed by atoms with Crippen molar-refractivity contribution in [1.82, 2.24) is 9.62 Å². The molecule has 1 aliphatic rings. The molecule has 1 fully saturated rings. The maximum Gasteiger partial charge on any atom is 0.240 e. The standard InChI is InChI=1S/C19H24N4O5S2/c20-29(25,26)17-6-8-18(9-7-17)30(27,28)22-16-10-12-23(13-11-16)14-19(24)21-15-4-2-1-3-5-15/h1-9,16,22H,10-14H2,(H,21,24)(H2,20,25,26). The molecule has 0 aliphatic carbocycles. The fourth-order valence-corrected chi connectivity index (χ4v) is 5.05. The van der Waals surface area contributed by atoms with Crippen molar-refractivity contribution in [2.24, 2.45) is 5.14 Å². The highest BCUT2D eigenvalue weighted by Crippen LogP contribution is 2.17. The molecule has 30 heavy (non-hydrogen) atoms. The number of nitrogens with two attached hydrogens (primary N) is 1. The molecular weight excluding hydrogens is 428 g/mol. The Kier molecular flexibility index (Phi) is 6.88. The van der Waals surface area contributed by atoms with Crippen LogP contribution in [0.25, 0.3) is 0 Å². The lowest BCUT2D eigenvalue weighted by Gasteiger charge is -2.31. The Hall–Kier alpha value is -2.31. The van der Waals surface area contributed by atoms with E-state index < -0.39 is 20.0 Å². The Labute approximate surface area is 176 Å². The van der Waals surface area contributed by atoms with Crippen molar-refractivity contribution in [1.29, 1.82) is 0 Å². The molecule has 9 nitrogen and oxygen atoms in total. The Bertz CT molecular complexity index is 1080. The Balaban J connectivity index is 1.50. The summed E-state index contributed by atoms with van der Waals surface area (Å²) in [5.74, 6) is -0.116. The van der Waals surface area contributed by atoms with Crippen molar-refractivity contribution in [2.45, 2.75) is 28.7 Å². The molecule has 1 heterocycles. The van der Waals surface area contributed by atoms with Crippen LogP contribution in [0.2, 0.25) is 0 Å². The first kappa shape index (κ1) is 22.4. The molecule has 2 aromatic rings. The van der Waals surface area contributed by atoms with E-state index in [4.69, 9.17) is 5.14 Å². The summed E-state index contributed by atoms with van der Waals surface area (Å²) >= 11 is 0. The minimum Gasteiger partial charge on any atom is -0.325 e. The molecule has 1 amide bonds. The predicted molar refractivity (Wildman–Crippen MR) is 113 cm³/mol. The molecular formula is C19H24N4O5S2. The third kappa shape index (κ3) is 6.09. The molecule has 0 unspecified atom stereocenters. The fraction of sp³-hybridized carbons (Fsp3) is 0.316. The molecule has 0 atom stereocenters. The zero-order valence-corrected chi connectivity index (χ0v) is 17.8.